The molecule has 0 bridgehead atoms. The number of carbonyl (C=O) groups excluding carboxylic acids is 1. The third-order valence-corrected chi connectivity index (χ3v) is 3.29. The number of rotatable bonds is 10. The Morgan fingerprint density at radius 2 is 1.87 bits per heavy atom. The van der Waals surface area contributed by atoms with Gasteiger partial charge in [-0.1, -0.05) is 13.3 Å². The number of amides is 1. The highest BCUT2D eigenvalue weighted by molar-refractivity contribution is 5.95. The molecule has 0 heterocycles. The van der Waals surface area contributed by atoms with Crippen LogP contribution in [-0.2, 0) is 4.79 Å². The van der Waals surface area contributed by atoms with E-state index >= 15 is 0 Å². The SMILES string of the molecule is CCCCN(CC)C(=O)c1ccc(OCC(=O)O)c(OCC)c1. The smallest absolute Gasteiger partial charge is 0.341 e. The number of carboxylic acids is 1. The molecule has 6 nitrogen and oxygen atoms in total. The van der Waals surface area contributed by atoms with E-state index < -0.39 is 12.6 Å². The van der Waals surface area contributed by atoms with E-state index in [-0.39, 0.29) is 5.91 Å². The van der Waals surface area contributed by atoms with Crippen LogP contribution in [0, 0.1) is 0 Å². The first kappa shape index (κ1) is 18.8. The van der Waals surface area contributed by atoms with Gasteiger partial charge in [0.05, 0.1) is 6.61 Å². The minimum Gasteiger partial charge on any atom is -0.490 e. The van der Waals surface area contributed by atoms with Crippen LogP contribution in [0.15, 0.2) is 18.2 Å². The molecule has 1 aromatic carbocycles. The van der Waals surface area contributed by atoms with E-state index in [9.17, 15) is 9.59 Å². The van der Waals surface area contributed by atoms with Crippen molar-refractivity contribution in [2.45, 2.75) is 33.6 Å². The first-order valence-electron chi connectivity index (χ1n) is 7.94. The third-order valence-electron chi connectivity index (χ3n) is 3.29. The van der Waals surface area contributed by atoms with Crippen molar-refractivity contribution in [1.29, 1.82) is 0 Å². The summed E-state index contributed by atoms with van der Waals surface area (Å²) in [5, 5.41) is 8.70. The Balaban J connectivity index is 2.96. The van der Waals surface area contributed by atoms with Crippen LogP contribution in [0.25, 0.3) is 0 Å². The summed E-state index contributed by atoms with van der Waals surface area (Å²) in [6, 6.07) is 4.82. The summed E-state index contributed by atoms with van der Waals surface area (Å²) in [6.07, 6.45) is 1.98. The van der Waals surface area contributed by atoms with Crippen molar-refractivity contribution < 1.29 is 24.2 Å². The van der Waals surface area contributed by atoms with Gasteiger partial charge in [-0.25, -0.2) is 4.79 Å². The molecular formula is C17H25NO5. The Kier molecular flexibility index (Phi) is 7.94. The molecule has 1 aromatic rings. The van der Waals surface area contributed by atoms with E-state index in [0.717, 1.165) is 12.8 Å². The zero-order chi connectivity index (χ0) is 17.2. The number of hydrogen-bond donors (Lipinski definition) is 1. The van der Waals surface area contributed by atoms with E-state index in [1.54, 1.807) is 23.1 Å². The number of benzene rings is 1. The molecule has 0 saturated carbocycles. The van der Waals surface area contributed by atoms with Crippen molar-refractivity contribution in [3.8, 4) is 11.5 Å². The topological polar surface area (TPSA) is 76.1 Å². The number of ether oxygens (including phenoxy) is 2. The Hall–Kier alpha value is -2.24. The maximum atomic E-state index is 12.6. The van der Waals surface area contributed by atoms with Crippen molar-refractivity contribution in [2.24, 2.45) is 0 Å². The van der Waals surface area contributed by atoms with Crippen molar-refractivity contribution in [1.82, 2.24) is 4.90 Å². The fourth-order valence-electron chi connectivity index (χ4n) is 2.10. The molecule has 128 valence electrons. The molecule has 23 heavy (non-hydrogen) atoms. The predicted octanol–water partition coefficient (Wildman–Crippen LogP) is 2.81. The van der Waals surface area contributed by atoms with Gasteiger partial charge in [0.25, 0.3) is 5.91 Å². The quantitative estimate of drug-likeness (QED) is 0.716. The monoisotopic (exact) mass is 323 g/mol. The van der Waals surface area contributed by atoms with E-state index in [1.807, 2.05) is 13.8 Å². The molecule has 0 aliphatic rings. The fraction of sp³-hybridized carbons (Fsp3) is 0.529. The molecule has 0 fully saturated rings. The zero-order valence-corrected chi connectivity index (χ0v) is 14.0. The summed E-state index contributed by atoms with van der Waals surface area (Å²) < 4.78 is 10.7. The summed E-state index contributed by atoms with van der Waals surface area (Å²) in [7, 11) is 0. The summed E-state index contributed by atoms with van der Waals surface area (Å²) in [4.78, 5) is 25.0. The van der Waals surface area contributed by atoms with Gasteiger partial charge >= 0.3 is 5.97 Å². The highest BCUT2D eigenvalue weighted by Gasteiger charge is 2.17. The minimum absolute atomic E-state index is 0.0633. The van der Waals surface area contributed by atoms with Crippen LogP contribution in [0.5, 0.6) is 11.5 Å². The molecule has 0 atom stereocenters. The fourth-order valence-corrected chi connectivity index (χ4v) is 2.10. The van der Waals surface area contributed by atoms with Gasteiger partial charge in [-0.15, -0.1) is 0 Å². The van der Waals surface area contributed by atoms with Crippen LogP contribution in [0.3, 0.4) is 0 Å². The molecule has 1 amide bonds. The molecule has 0 radical (unpaired) electrons. The highest BCUT2D eigenvalue weighted by Crippen LogP contribution is 2.29. The molecule has 0 unspecified atom stereocenters. The van der Waals surface area contributed by atoms with Crippen molar-refractivity contribution in [2.75, 3.05) is 26.3 Å². The molecule has 0 aromatic heterocycles. The molecule has 6 heteroatoms. The molecule has 0 aliphatic carbocycles. The summed E-state index contributed by atoms with van der Waals surface area (Å²) in [5.41, 5.74) is 0.508. The number of aliphatic carboxylic acids is 1. The van der Waals surface area contributed by atoms with Crippen LogP contribution < -0.4 is 9.47 Å². The van der Waals surface area contributed by atoms with E-state index in [4.69, 9.17) is 14.6 Å². The summed E-state index contributed by atoms with van der Waals surface area (Å²) in [6.45, 7) is 7.14. The van der Waals surface area contributed by atoms with Gasteiger partial charge in [0.2, 0.25) is 0 Å². The lowest BCUT2D eigenvalue weighted by atomic mass is 10.1. The second kappa shape index (κ2) is 9.71. The Morgan fingerprint density at radius 3 is 2.43 bits per heavy atom. The molecule has 0 spiro atoms. The van der Waals surface area contributed by atoms with Crippen molar-refractivity contribution in [3.05, 3.63) is 23.8 Å². The second-order valence-corrected chi connectivity index (χ2v) is 5.02. The Bertz CT molecular complexity index is 530. The Morgan fingerprint density at radius 1 is 1.13 bits per heavy atom. The van der Waals surface area contributed by atoms with Crippen LogP contribution in [-0.4, -0.2) is 48.2 Å². The third kappa shape index (κ3) is 5.81. The molecule has 0 saturated heterocycles. The van der Waals surface area contributed by atoms with Gasteiger partial charge in [0, 0.05) is 18.7 Å². The summed E-state index contributed by atoms with van der Waals surface area (Å²) in [5.74, 6) is -0.426. The molecule has 0 aliphatic heterocycles. The minimum atomic E-state index is -1.07. The standard InChI is InChI=1S/C17H25NO5/c1-4-7-10-18(5-2)17(21)13-8-9-14(23-12-16(19)20)15(11-13)22-6-3/h8-9,11H,4-7,10,12H2,1-3H3,(H,19,20). The highest BCUT2D eigenvalue weighted by atomic mass is 16.5. The van der Waals surface area contributed by atoms with Gasteiger partial charge < -0.3 is 19.5 Å². The lowest BCUT2D eigenvalue weighted by Gasteiger charge is -2.21. The Labute approximate surface area is 137 Å². The first-order chi connectivity index (χ1) is 11.0. The average molecular weight is 323 g/mol. The van der Waals surface area contributed by atoms with Gasteiger partial charge in [0.15, 0.2) is 18.1 Å². The van der Waals surface area contributed by atoms with Crippen LogP contribution >= 0.6 is 0 Å². The van der Waals surface area contributed by atoms with E-state index in [0.29, 0.717) is 36.8 Å². The van der Waals surface area contributed by atoms with Crippen LogP contribution in [0.1, 0.15) is 44.0 Å². The number of carbonyl (C=O) groups is 2. The van der Waals surface area contributed by atoms with Crippen LogP contribution in [0.2, 0.25) is 0 Å². The lowest BCUT2D eigenvalue weighted by molar-refractivity contribution is -0.139. The van der Waals surface area contributed by atoms with E-state index in [2.05, 4.69) is 6.92 Å². The molecule has 1 rings (SSSR count). The van der Waals surface area contributed by atoms with Gasteiger partial charge in [0.1, 0.15) is 0 Å². The molecular weight excluding hydrogens is 298 g/mol. The van der Waals surface area contributed by atoms with Gasteiger partial charge in [-0.3, -0.25) is 4.79 Å². The normalized spacial score (nSPS) is 10.2. The summed E-state index contributed by atoms with van der Waals surface area (Å²) >= 11 is 0. The average Bonchev–Trinajstić information content (AvgIpc) is 2.54. The van der Waals surface area contributed by atoms with Gasteiger partial charge in [-0.05, 0) is 38.5 Å². The maximum absolute atomic E-state index is 12.6. The number of nitrogens with zero attached hydrogens (tertiary/aromatic N) is 1. The second-order valence-electron chi connectivity index (χ2n) is 5.02. The van der Waals surface area contributed by atoms with E-state index in [1.165, 1.54) is 0 Å². The molecule has 1 N–H and O–H groups in total. The lowest BCUT2D eigenvalue weighted by Crippen LogP contribution is -2.31. The van der Waals surface area contributed by atoms with Gasteiger partial charge in [-0.2, -0.15) is 0 Å². The predicted molar refractivity (Wildman–Crippen MR) is 87.2 cm³/mol. The first-order valence-corrected chi connectivity index (χ1v) is 7.94. The van der Waals surface area contributed by atoms with Crippen molar-refractivity contribution in [3.63, 3.8) is 0 Å². The number of carboxylic acid groups (broad SMARTS) is 1. The van der Waals surface area contributed by atoms with Crippen LogP contribution in [0.4, 0.5) is 0 Å². The van der Waals surface area contributed by atoms with Crippen molar-refractivity contribution >= 4 is 11.9 Å². The largest absolute Gasteiger partial charge is 0.490 e. The maximum Gasteiger partial charge on any atom is 0.341 e. The number of hydrogen-bond acceptors (Lipinski definition) is 4. The number of unbranched alkanes of at least 4 members (excludes halogenated alkanes) is 1. The zero-order valence-electron chi connectivity index (χ0n) is 14.0.